The van der Waals surface area contributed by atoms with Gasteiger partial charge in [-0.3, -0.25) is 0 Å². The molecule has 0 bridgehead atoms. The predicted octanol–water partition coefficient (Wildman–Crippen LogP) is 2.94. The highest BCUT2D eigenvalue weighted by molar-refractivity contribution is 8.01. The summed E-state index contributed by atoms with van der Waals surface area (Å²) in [7, 11) is 3.87. The first-order chi connectivity index (χ1) is 8.61. The average molecular weight is 276 g/mol. The lowest BCUT2D eigenvalue weighted by atomic mass is 10.1. The first kappa shape index (κ1) is 12.9. The maximum Gasteiger partial charge on any atom is 0.208 e. The fraction of sp³-hybridized carbons (Fsp3) is 0.250. The van der Waals surface area contributed by atoms with E-state index in [1.165, 1.54) is 23.1 Å². The van der Waals surface area contributed by atoms with Crippen LogP contribution in [0.1, 0.15) is 11.1 Å². The van der Waals surface area contributed by atoms with Gasteiger partial charge in [-0.2, -0.15) is 5.26 Å². The van der Waals surface area contributed by atoms with Crippen molar-refractivity contribution < 1.29 is 0 Å². The molecule has 1 aromatic carbocycles. The average Bonchev–Trinajstić information content (AvgIpc) is 2.80. The number of aromatic nitrogens is 2. The van der Waals surface area contributed by atoms with Gasteiger partial charge in [0.2, 0.25) is 5.13 Å². The van der Waals surface area contributed by atoms with E-state index in [0.717, 1.165) is 19.9 Å². The summed E-state index contributed by atoms with van der Waals surface area (Å²) in [6.45, 7) is 2.00. The molecule has 0 aliphatic heterocycles. The van der Waals surface area contributed by atoms with E-state index >= 15 is 0 Å². The minimum atomic E-state index is 0.682. The number of nitrogens with zero attached hydrogens (tertiary/aromatic N) is 4. The summed E-state index contributed by atoms with van der Waals surface area (Å²) in [5.41, 5.74) is 1.77. The van der Waals surface area contributed by atoms with Gasteiger partial charge in [0.15, 0.2) is 4.34 Å². The van der Waals surface area contributed by atoms with Gasteiger partial charge in [0.05, 0.1) is 5.56 Å². The van der Waals surface area contributed by atoms with E-state index < -0.39 is 0 Å². The number of rotatable bonds is 3. The Morgan fingerprint density at radius 2 is 2.11 bits per heavy atom. The molecule has 6 heteroatoms. The second kappa shape index (κ2) is 5.38. The Kier molecular flexibility index (Phi) is 3.84. The molecule has 0 saturated carbocycles. The number of hydrogen-bond donors (Lipinski definition) is 0. The molecule has 1 heterocycles. The van der Waals surface area contributed by atoms with Gasteiger partial charge >= 0.3 is 0 Å². The van der Waals surface area contributed by atoms with Crippen molar-refractivity contribution in [3.63, 3.8) is 0 Å². The molecule has 18 heavy (non-hydrogen) atoms. The Morgan fingerprint density at radius 3 is 2.72 bits per heavy atom. The standard InChI is InChI=1S/C12H12N4S2/c1-8-5-4-6-9(7-13)10(8)17-12-15-14-11(18-12)16(2)3/h4-6H,1-3H3. The maximum atomic E-state index is 9.11. The third-order valence-corrected chi connectivity index (χ3v) is 4.69. The zero-order valence-electron chi connectivity index (χ0n) is 10.3. The Hall–Kier alpha value is -1.58. The molecule has 1 aromatic heterocycles. The van der Waals surface area contributed by atoms with Crippen LogP contribution < -0.4 is 4.90 Å². The molecular weight excluding hydrogens is 264 g/mol. The molecule has 0 radical (unpaired) electrons. The summed E-state index contributed by atoms with van der Waals surface area (Å²) in [6.07, 6.45) is 0. The summed E-state index contributed by atoms with van der Waals surface area (Å²) in [4.78, 5) is 2.88. The second-order valence-electron chi connectivity index (χ2n) is 3.91. The summed E-state index contributed by atoms with van der Waals surface area (Å²) < 4.78 is 0.851. The maximum absolute atomic E-state index is 9.11. The SMILES string of the molecule is Cc1cccc(C#N)c1Sc1nnc(N(C)C)s1. The molecule has 0 atom stereocenters. The van der Waals surface area contributed by atoms with Gasteiger partial charge in [-0.25, -0.2) is 0 Å². The Balaban J connectivity index is 2.31. The minimum absolute atomic E-state index is 0.682. The largest absolute Gasteiger partial charge is 0.353 e. The van der Waals surface area contributed by atoms with Gasteiger partial charge in [-0.15, -0.1) is 10.2 Å². The van der Waals surface area contributed by atoms with Crippen molar-refractivity contribution in [2.75, 3.05) is 19.0 Å². The van der Waals surface area contributed by atoms with Gasteiger partial charge in [-0.1, -0.05) is 35.2 Å². The van der Waals surface area contributed by atoms with Crippen LogP contribution in [-0.2, 0) is 0 Å². The van der Waals surface area contributed by atoms with Gasteiger partial charge < -0.3 is 4.90 Å². The molecule has 0 spiro atoms. The van der Waals surface area contributed by atoms with Crippen molar-refractivity contribution in [2.45, 2.75) is 16.2 Å². The summed E-state index contributed by atoms with van der Waals surface area (Å²) in [5, 5.41) is 18.2. The van der Waals surface area contributed by atoms with Gasteiger partial charge in [0.1, 0.15) is 6.07 Å². The van der Waals surface area contributed by atoms with E-state index in [9.17, 15) is 0 Å². The number of nitriles is 1. The van der Waals surface area contributed by atoms with Crippen molar-refractivity contribution in [1.29, 1.82) is 5.26 Å². The first-order valence-corrected chi connectivity index (χ1v) is 6.93. The summed E-state index contributed by atoms with van der Waals surface area (Å²) in [5.74, 6) is 0. The molecule has 0 N–H and O–H groups in total. The van der Waals surface area contributed by atoms with Crippen LogP contribution in [0.4, 0.5) is 5.13 Å². The van der Waals surface area contributed by atoms with E-state index in [1.54, 1.807) is 0 Å². The normalized spacial score (nSPS) is 10.1. The van der Waals surface area contributed by atoms with Crippen molar-refractivity contribution in [1.82, 2.24) is 10.2 Å². The third-order valence-electron chi connectivity index (χ3n) is 2.30. The molecule has 0 saturated heterocycles. The van der Waals surface area contributed by atoms with Gasteiger partial charge in [-0.05, 0) is 18.6 Å². The Labute approximate surface area is 114 Å². The van der Waals surface area contributed by atoms with Crippen LogP contribution in [0.5, 0.6) is 0 Å². The van der Waals surface area contributed by atoms with Crippen LogP contribution in [0, 0.1) is 18.3 Å². The lowest BCUT2D eigenvalue weighted by Gasteiger charge is -2.05. The van der Waals surface area contributed by atoms with Crippen LogP contribution in [0.3, 0.4) is 0 Å². The molecular formula is C12H12N4S2. The minimum Gasteiger partial charge on any atom is -0.353 e. The van der Waals surface area contributed by atoms with E-state index in [2.05, 4.69) is 16.3 Å². The van der Waals surface area contributed by atoms with E-state index in [1.807, 2.05) is 44.1 Å². The van der Waals surface area contributed by atoms with Crippen molar-refractivity contribution in [3.05, 3.63) is 29.3 Å². The molecule has 0 fully saturated rings. The highest BCUT2D eigenvalue weighted by Gasteiger charge is 2.12. The van der Waals surface area contributed by atoms with Gasteiger partial charge in [0, 0.05) is 19.0 Å². The fourth-order valence-corrected chi connectivity index (χ4v) is 3.24. The van der Waals surface area contributed by atoms with Crippen LogP contribution in [0.25, 0.3) is 0 Å². The monoisotopic (exact) mass is 276 g/mol. The highest BCUT2D eigenvalue weighted by Crippen LogP contribution is 2.36. The smallest absolute Gasteiger partial charge is 0.208 e. The molecule has 0 unspecified atom stereocenters. The number of anilines is 1. The molecule has 0 amide bonds. The zero-order chi connectivity index (χ0) is 13.1. The summed E-state index contributed by atoms with van der Waals surface area (Å²) >= 11 is 3.02. The van der Waals surface area contributed by atoms with Crippen LogP contribution >= 0.6 is 23.1 Å². The van der Waals surface area contributed by atoms with E-state index in [4.69, 9.17) is 5.26 Å². The van der Waals surface area contributed by atoms with Crippen LogP contribution in [0.15, 0.2) is 27.4 Å². The highest BCUT2D eigenvalue weighted by atomic mass is 32.2. The lowest BCUT2D eigenvalue weighted by molar-refractivity contribution is 0.972. The zero-order valence-corrected chi connectivity index (χ0v) is 12.0. The molecule has 4 nitrogen and oxygen atoms in total. The second-order valence-corrected chi connectivity index (χ2v) is 6.12. The first-order valence-electron chi connectivity index (χ1n) is 5.30. The molecule has 0 aliphatic carbocycles. The fourth-order valence-electron chi connectivity index (χ4n) is 1.39. The van der Waals surface area contributed by atoms with Crippen molar-refractivity contribution in [3.8, 4) is 6.07 Å². The molecule has 2 rings (SSSR count). The Morgan fingerprint density at radius 1 is 1.33 bits per heavy atom. The topological polar surface area (TPSA) is 52.8 Å². The number of aryl methyl sites for hydroxylation is 1. The number of benzene rings is 1. The molecule has 2 aromatic rings. The molecule has 0 aliphatic rings. The predicted molar refractivity (Wildman–Crippen MR) is 74.3 cm³/mol. The van der Waals surface area contributed by atoms with Crippen molar-refractivity contribution >= 4 is 28.2 Å². The van der Waals surface area contributed by atoms with Crippen LogP contribution in [0.2, 0.25) is 0 Å². The quantitative estimate of drug-likeness (QED) is 0.862. The lowest BCUT2D eigenvalue weighted by Crippen LogP contribution is -2.07. The van der Waals surface area contributed by atoms with E-state index in [-0.39, 0.29) is 0 Å². The third kappa shape index (κ3) is 2.63. The van der Waals surface area contributed by atoms with Gasteiger partial charge in [0.25, 0.3) is 0 Å². The summed E-state index contributed by atoms with van der Waals surface area (Å²) in [6, 6.07) is 7.92. The number of hydrogen-bond acceptors (Lipinski definition) is 6. The van der Waals surface area contributed by atoms with Crippen molar-refractivity contribution in [2.24, 2.45) is 0 Å². The van der Waals surface area contributed by atoms with E-state index in [0.29, 0.717) is 5.56 Å². The van der Waals surface area contributed by atoms with Crippen LogP contribution in [-0.4, -0.2) is 24.3 Å². The Bertz CT molecular complexity index is 598. The molecule has 92 valence electrons.